The molecule has 0 spiro atoms. The number of urea groups is 1. The molecule has 114 valence electrons. The number of aliphatic hydroxyl groups excluding tert-OH is 1. The van der Waals surface area contributed by atoms with Crippen molar-refractivity contribution in [3.8, 4) is 0 Å². The van der Waals surface area contributed by atoms with Crippen molar-refractivity contribution in [2.45, 2.75) is 25.3 Å². The van der Waals surface area contributed by atoms with Crippen LogP contribution in [0.3, 0.4) is 0 Å². The third kappa shape index (κ3) is 3.61. The summed E-state index contributed by atoms with van der Waals surface area (Å²) in [6.07, 6.45) is 1.79. The van der Waals surface area contributed by atoms with Crippen LogP contribution in [0.15, 0.2) is 0 Å². The minimum atomic E-state index is -0.816. The first-order chi connectivity index (χ1) is 9.61. The fourth-order valence-electron chi connectivity index (χ4n) is 2.89. The van der Waals surface area contributed by atoms with Crippen LogP contribution in [0.25, 0.3) is 0 Å². The van der Waals surface area contributed by atoms with Crippen LogP contribution in [0.4, 0.5) is 4.79 Å². The van der Waals surface area contributed by atoms with Gasteiger partial charge in [-0.05, 0) is 18.8 Å². The lowest BCUT2D eigenvalue weighted by Gasteiger charge is -2.40. The molecule has 0 aromatic carbocycles. The quantitative estimate of drug-likeness (QED) is 0.761. The number of aliphatic hydroxyl groups is 1. The van der Waals surface area contributed by atoms with Crippen LogP contribution >= 0.6 is 0 Å². The zero-order valence-corrected chi connectivity index (χ0v) is 11.5. The molecule has 2 amide bonds. The van der Waals surface area contributed by atoms with Crippen molar-refractivity contribution in [3.63, 3.8) is 0 Å². The van der Waals surface area contributed by atoms with Crippen molar-refractivity contribution in [2.24, 2.45) is 5.92 Å². The number of nitrogens with zero attached hydrogens (tertiary/aromatic N) is 2. The molecule has 2 heterocycles. The molecule has 0 aliphatic carbocycles. The lowest BCUT2D eigenvalue weighted by molar-refractivity contribution is -0.138. The van der Waals surface area contributed by atoms with Crippen molar-refractivity contribution >= 4 is 12.0 Å². The molecule has 2 N–H and O–H groups in total. The Labute approximate surface area is 118 Å². The molecule has 0 aromatic heterocycles. The van der Waals surface area contributed by atoms with E-state index < -0.39 is 5.97 Å². The summed E-state index contributed by atoms with van der Waals surface area (Å²) < 4.78 is 5.26. The van der Waals surface area contributed by atoms with E-state index in [4.69, 9.17) is 9.84 Å². The Bertz CT molecular complexity index is 363. The number of aliphatic carboxylic acids is 1. The first-order valence-corrected chi connectivity index (χ1v) is 7.07. The fourth-order valence-corrected chi connectivity index (χ4v) is 2.89. The highest BCUT2D eigenvalue weighted by molar-refractivity contribution is 5.75. The predicted octanol–water partition coefficient (Wildman–Crippen LogP) is -0.0138. The number of carbonyl (C=O) groups excluding carboxylic acids is 1. The van der Waals surface area contributed by atoms with Crippen LogP contribution in [0.5, 0.6) is 0 Å². The predicted molar refractivity (Wildman–Crippen MR) is 70.3 cm³/mol. The number of carbonyl (C=O) groups is 2. The molecule has 2 aliphatic heterocycles. The summed E-state index contributed by atoms with van der Waals surface area (Å²) in [5, 5.41) is 18.2. The first-order valence-electron chi connectivity index (χ1n) is 7.07. The van der Waals surface area contributed by atoms with Crippen molar-refractivity contribution < 1.29 is 24.5 Å². The van der Waals surface area contributed by atoms with Crippen LogP contribution in [-0.2, 0) is 9.53 Å². The van der Waals surface area contributed by atoms with E-state index in [-0.39, 0.29) is 31.0 Å². The molecule has 2 saturated heterocycles. The molecular weight excluding hydrogens is 264 g/mol. The second kappa shape index (κ2) is 6.90. The van der Waals surface area contributed by atoms with Crippen LogP contribution in [0.2, 0.25) is 0 Å². The normalized spacial score (nSPS) is 27.4. The van der Waals surface area contributed by atoms with Gasteiger partial charge in [0.25, 0.3) is 0 Å². The van der Waals surface area contributed by atoms with Gasteiger partial charge in [-0.3, -0.25) is 4.79 Å². The number of carboxylic acids is 1. The molecular formula is C13H22N2O5. The Kier molecular flexibility index (Phi) is 5.19. The molecule has 2 aliphatic rings. The van der Waals surface area contributed by atoms with Crippen LogP contribution in [-0.4, -0.2) is 77.5 Å². The lowest BCUT2D eigenvalue weighted by Crippen LogP contribution is -2.56. The summed E-state index contributed by atoms with van der Waals surface area (Å²) in [5.41, 5.74) is 0. The van der Waals surface area contributed by atoms with Gasteiger partial charge in [0.1, 0.15) is 0 Å². The highest BCUT2D eigenvalue weighted by atomic mass is 16.5. The number of morpholine rings is 1. The van der Waals surface area contributed by atoms with E-state index in [9.17, 15) is 14.7 Å². The van der Waals surface area contributed by atoms with Gasteiger partial charge in [0.15, 0.2) is 0 Å². The third-order valence-electron chi connectivity index (χ3n) is 3.94. The molecule has 0 radical (unpaired) electrons. The Balaban J connectivity index is 1.95. The molecule has 0 saturated carbocycles. The highest BCUT2D eigenvalue weighted by Gasteiger charge is 2.33. The van der Waals surface area contributed by atoms with Crippen molar-refractivity contribution in [3.05, 3.63) is 0 Å². The summed E-state index contributed by atoms with van der Waals surface area (Å²) in [7, 11) is 0. The first kappa shape index (κ1) is 15.1. The van der Waals surface area contributed by atoms with Crippen LogP contribution in [0.1, 0.15) is 19.3 Å². The minimum absolute atomic E-state index is 0.0267. The minimum Gasteiger partial charge on any atom is -0.481 e. The molecule has 2 unspecified atom stereocenters. The molecule has 0 aromatic rings. The zero-order chi connectivity index (χ0) is 14.5. The Morgan fingerprint density at radius 2 is 2.10 bits per heavy atom. The summed E-state index contributed by atoms with van der Waals surface area (Å²) in [6, 6.07) is -0.404. The standard InChI is InChI=1S/C13H22N2O5/c16-8-11-9-20-5-4-15(11)13(19)14-3-1-2-10(7-14)6-12(17)18/h10-11,16H,1-9H2,(H,17,18). The number of carboxylic acid groups (broad SMARTS) is 1. The van der Waals surface area contributed by atoms with E-state index in [1.54, 1.807) is 9.80 Å². The van der Waals surface area contributed by atoms with E-state index >= 15 is 0 Å². The summed E-state index contributed by atoms with van der Waals surface area (Å²) in [4.78, 5) is 26.6. The van der Waals surface area contributed by atoms with Gasteiger partial charge in [0.2, 0.25) is 0 Å². The van der Waals surface area contributed by atoms with E-state index in [0.29, 0.717) is 32.8 Å². The van der Waals surface area contributed by atoms with Crippen LogP contribution < -0.4 is 0 Å². The van der Waals surface area contributed by atoms with E-state index in [0.717, 1.165) is 12.8 Å². The Morgan fingerprint density at radius 1 is 1.30 bits per heavy atom. The van der Waals surface area contributed by atoms with Gasteiger partial charge in [-0.15, -0.1) is 0 Å². The summed E-state index contributed by atoms with van der Waals surface area (Å²) in [6.45, 7) is 2.34. The van der Waals surface area contributed by atoms with Gasteiger partial charge < -0.3 is 24.7 Å². The average molecular weight is 286 g/mol. The Hall–Kier alpha value is -1.34. The van der Waals surface area contributed by atoms with Crippen molar-refractivity contribution in [1.29, 1.82) is 0 Å². The molecule has 20 heavy (non-hydrogen) atoms. The number of likely N-dealkylation sites (tertiary alicyclic amines) is 1. The zero-order valence-electron chi connectivity index (χ0n) is 11.5. The van der Waals surface area contributed by atoms with Gasteiger partial charge in [-0.2, -0.15) is 0 Å². The smallest absolute Gasteiger partial charge is 0.320 e. The molecule has 7 nitrogen and oxygen atoms in total. The molecule has 7 heteroatoms. The van der Waals surface area contributed by atoms with Gasteiger partial charge in [0.05, 0.1) is 25.9 Å². The van der Waals surface area contributed by atoms with E-state index in [2.05, 4.69) is 0 Å². The maximum atomic E-state index is 12.5. The number of hydrogen-bond donors (Lipinski definition) is 2. The number of ether oxygens (including phenoxy) is 1. The fraction of sp³-hybridized carbons (Fsp3) is 0.846. The van der Waals surface area contributed by atoms with Crippen molar-refractivity contribution in [2.75, 3.05) is 39.5 Å². The van der Waals surface area contributed by atoms with E-state index in [1.165, 1.54) is 0 Å². The topological polar surface area (TPSA) is 90.3 Å². The molecule has 2 rings (SSSR count). The van der Waals surface area contributed by atoms with E-state index in [1.807, 2.05) is 0 Å². The largest absolute Gasteiger partial charge is 0.481 e. The van der Waals surface area contributed by atoms with Gasteiger partial charge in [-0.1, -0.05) is 0 Å². The number of piperidine rings is 1. The molecule has 0 bridgehead atoms. The monoisotopic (exact) mass is 286 g/mol. The maximum absolute atomic E-state index is 12.5. The summed E-state index contributed by atoms with van der Waals surface area (Å²) >= 11 is 0. The lowest BCUT2D eigenvalue weighted by atomic mass is 9.95. The second-order valence-corrected chi connectivity index (χ2v) is 5.44. The van der Waals surface area contributed by atoms with Gasteiger partial charge >= 0.3 is 12.0 Å². The SMILES string of the molecule is O=C(O)CC1CCCN(C(=O)N2CCOCC2CO)C1. The van der Waals surface area contributed by atoms with Crippen LogP contribution in [0, 0.1) is 5.92 Å². The number of hydrogen-bond acceptors (Lipinski definition) is 4. The third-order valence-corrected chi connectivity index (χ3v) is 3.94. The number of amides is 2. The van der Waals surface area contributed by atoms with Gasteiger partial charge in [0, 0.05) is 26.1 Å². The highest BCUT2D eigenvalue weighted by Crippen LogP contribution is 2.21. The summed E-state index contributed by atoms with van der Waals surface area (Å²) in [5.74, 6) is -0.789. The van der Waals surface area contributed by atoms with Gasteiger partial charge in [-0.25, -0.2) is 4.79 Å². The maximum Gasteiger partial charge on any atom is 0.320 e. The average Bonchev–Trinajstić information content (AvgIpc) is 2.46. The van der Waals surface area contributed by atoms with Crippen molar-refractivity contribution in [1.82, 2.24) is 9.80 Å². The molecule has 2 fully saturated rings. The Morgan fingerprint density at radius 3 is 2.80 bits per heavy atom. The number of rotatable bonds is 3. The second-order valence-electron chi connectivity index (χ2n) is 5.44. The molecule has 2 atom stereocenters.